The first-order valence-electron chi connectivity index (χ1n) is 10.4. The van der Waals surface area contributed by atoms with Crippen molar-refractivity contribution in [3.63, 3.8) is 0 Å². The van der Waals surface area contributed by atoms with Gasteiger partial charge in [0.05, 0.1) is 0 Å². The SMILES string of the molecule is CC(C)[C@H](NC(CCCCCN1C(=O)C=CC1=O)C(F)(F)F)C(=O)ON1C(=O)CCC1=O. The average molecular weight is 461 g/mol. The number of alkyl halides is 3. The lowest BCUT2D eigenvalue weighted by molar-refractivity contribution is -0.202. The van der Waals surface area contributed by atoms with Gasteiger partial charge in [-0.15, -0.1) is 5.06 Å². The van der Waals surface area contributed by atoms with E-state index in [1.165, 1.54) is 13.8 Å². The van der Waals surface area contributed by atoms with Crippen molar-refractivity contribution in [2.75, 3.05) is 6.54 Å². The summed E-state index contributed by atoms with van der Waals surface area (Å²) in [5.74, 6) is -4.08. The largest absolute Gasteiger partial charge is 0.403 e. The molecule has 178 valence electrons. The second kappa shape index (κ2) is 10.7. The van der Waals surface area contributed by atoms with Crippen molar-refractivity contribution in [1.29, 1.82) is 0 Å². The van der Waals surface area contributed by atoms with Gasteiger partial charge in [-0.1, -0.05) is 26.7 Å². The molecule has 32 heavy (non-hydrogen) atoms. The first-order valence-corrected chi connectivity index (χ1v) is 10.4. The van der Waals surface area contributed by atoms with Gasteiger partial charge in [-0.25, -0.2) is 4.79 Å². The van der Waals surface area contributed by atoms with Crippen LogP contribution in [0.5, 0.6) is 0 Å². The summed E-state index contributed by atoms with van der Waals surface area (Å²) in [6.45, 7) is 3.14. The van der Waals surface area contributed by atoms with Gasteiger partial charge in [-0.3, -0.25) is 29.4 Å². The quantitative estimate of drug-likeness (QED) is 0.368. The Morgan fingerprint density at radius 1 is 1.03 bits per heavy atom. The Hall–Kier alpha value is -2.76. The predicted molar refractivity (Wildman–Crippen MR) is 103 cm³/mol. The fourth-order valence-electron chi connectivity index (χ4n) is 3.34. The number of hydrogen-bond donors (Lipinski definition) is 1. The number of carbonyl (C=O) groups excluding carboxylic acids is 5. The van der Waals surface area contributed by atoms with Crippen LogP contribution in [0.3, 0.4) is 0 Å². The Bertz CT molecular complexity index is 762. The van der Waals surface area contributed by atoms with E-state index in [9.17, 15) is 37.1 Å². The first kappa shape index (κ1) is 25.5. The molecule has 0 aromatic rings. The molecule has 1 unspecified atom stereocenters. The van der Waals surface area contributed by atoms with Crippen molar-refractivity contribution in [1.82, 2.24) is 15.3 Å². The number of carbonyl (C=O) groups is 5. The Morgan fingerprint density at radius 2 is 1.59 bits per heavy atom. The van der Waals surface area contributed by atoms with E-state index in [0.717, 1.165) is 17.1 Å². The molecule has 4 amide bonds. The lowest BCUT2D eigenvalue weighted by Gasteiger charge is -2.29. The fraction of sp³-hybridized carbons (Fsp3) is 0.650. The molecule has 1 fully saturated rings. The molecule has 0 aromatic carbocycles. The maximum Gasteiger partial charge on any atom is 0.403 e. The number of hydrogen-bond acceptors (Lipinski definition) is 7. The Kier molecular flexibility index (Phi) is 8.53. The third kappa shape index (κ3) is 6.62. The standard InChI is InChI=1S/C20H26F3N3O6/c1-12(2)18(19(31)32-26-16(29)9-10-17(26)30)24-13(20(21,22)23)6-4-3-5-11-25-14(27)7-8-15(25)28/h7-8,12-13,18,24H,3-6,9-11H2,1-2H3/t13?,18-/m0/s1. The van der Waals surface area contributed by atoms with Crippen LogP contribution in [-0.2, 0) is 28.8 Å². The third-order valence-electron chi connectivity index (χ3n) is 5.16. The van der Waals surface area contributed by atoms with Crippen molar-refractivity contribution in [3.8, 4) is 0 Å². The van der Waals surface area contributed by atoms with Crippen molar-refractivity contribution in [2.24, 2.45) is 5.92 Å². The normalized spacial score (nSPS) is 18.8. The Morgan fingerprint density at radius 3 is 2.09 bits per heavy atom. The van der Waals surface area contributed by atoms with Gasteiger partial charge in [0.2, 0.25) is 0 Å². The van der Waals surface area contributed by atoms with Crippen LogP contribution in [0.4, 0.5) is 13.2 Å². The molecule has 2 atom stereocenters. The average Bonchev–Trinajstić information content (AvgIpc) is 3.18. The minimum atomic E-state index is -4.66. The predicted octanol–water partition coefficient (Wildman–Crippen LogP) is 1.62. The molecule has 0 aromatic heterocycles. The topological polar surface area (TPSA) is 113 Å². The van der Waals surface area contributed by atoms with Crippen molar-refractivity contribution in [3.05, 3.63) is 12.2 Å². The van der Waals surface area contributed by atoms with E-state index < -0.39 is 53.8 Å². The number of unbranched alkanes of at least 4 members (excludes halogenated alkanes) is 2. The van der Waals surface area contributed by atoms with Crippen LogP contribution in [0, 0.1) is 5.92 Å². The highest BCUT2D eigenvalue weighted by molar-refractivity contribution is 6.12. The van der Waals surface area contributed by atoms with Crippen LogP contribution in [0.25, 0.3) is 0 Å². The molecule has 9 nitrogen and oxygen atoms in total. The number of rotatable bonds is 11. The highest BCUT2D eigenvalue weighted by Crippen LogP contribution is 2.26. The molecule has 0 saturated carbocycles. The number of imide groups is 2. The van der Waals surface area contributed by atoms with Crippen molar-refractivity contribution in [2.45, 2.75) is 70.6 Å². The number of amides is 4. The lowest BCUT2D eigenvalue weighted by Crippen LogP contribution is -2.54. The van der Waals surface area contributed by atoms with Gasteiger partial charge in [0, 0.05) is 31.5 Å². The number of nitrogens with zero attached hydrogens (tertiary/aromatic N) is 2. The molecular formula is C20H26F3N3O6. The summed E-state index contributed by atoms with van der Waals surface area (Å²) in [4.78, 5) is 64.4. The molecule has 2 aliphatic heterocycles. The second-order valence-electron chi connectivity index (χ2n) is 7.99. The zero-order valence-corrected chi connectivity index (χ0v) is 17.8. The first-order chi connectivity index (χ1) is 14.9. The van der Waals surface area contributed by atoms with Crippen LogP contribution in [-0.4, -0.2) is 64.4 Å². The maximum absolute atomic E-state index is 13.6. The molecule has 0 spiro atoms. The fourth-order valence-corrected chi connectivity index (χ4v) is 3.34. The van der Waals surface area contributed by atoms with E-state index in [4.69, 9.17) is 4.84 Å². The van der Waals surface area contributed by atoms with Crippen molar-refractivity contribution >= 4 is 29.6 Å². The van der Waals surface area contributed by atoms with E-state index in [0.29, 0.717) is 17.9 Å². The van der Waals surface area contributed by atoms with E-state index in [1.54, 1.807) is 0 Å². The highest BCUT2D eigenvalue weighted by atomic mass is 19.4. The molecular weight excluding hydrogens is 435 g/mol. The molecule has 0 bridgehead atoms. The van der Waals surface area contributed by atoms with E-state index >= 15 is 0 Å². The molecule has 0 aliphatic carbocycles. The van der Waals surface area contributed by atoms with Gasteiger partial charge >= 0.3 is 12.1 Å². The van der Waals surface area contributed by atoms with Crippen LogP contribution < -0.4 is 5.32 Å². The minimum absolute atomic E-state index is 0.119. The molecule has 1 saturated heterocycles. The summed E-state index contributed by atoms with van der Waals surface area (Å²) >= 11 is 0. The third-order valence-corrected chi connectivity index (χ3v) is 5.16. The van der Waals surface area contributed by atoms with Gasteiger partial charge in [0.15, 0.2) is 0 Å². The van der Waals surface area contributed by atoms with Gasteiger partial charge in [0.1, 0.15) is 12.1 Å². The van der Waals surface area contributed by atoms with Gasteiger partial charge < -0.3 is 4.84 Å². The summed E-state index contributed by atoms with van der Waals surface area (Å²) in [6.07, 6.45) is -2.16. The Balaban J connectivity index is 1.90. The minimum Gasteiger partial charge on any atom is -0.329 e. The highest BCUT2D eigenvalue weighted by Gasteiger charge is 2.43. The summed E-state index contributed by atoms with van der Waals surface area (Å²) in [5, 5.41) is 2.57. The molecule has 2 rings (SSSR count). The lowest BCUT2D eigenvalue weighted by atomic mass is 10.0. The molecule has 0 radical (unpaired) electrons. The number of nitrogens with one attached hydrogen (secondary N) is 1. The number of hydroxylamine groups is 2. The molecule has 2 heterocycles. The van der Waals surface area contributed by atoms with Gasteiger partial charge in [0.25, 0.3) is 23.6 Å². The zero-order valence-electron chi connectivity index (χ0n) is 17.8. The summed E-state index contributed by atoms with van der Waals surface area (Å²) < 4.78 is 40.7. The maximum atomic E-state index is 13.6. The van der Waals surface area contributed by atoms with Crippen LogP contribution >= 0.6 is 0 Å². The second-order valence-corrected chi connectivity index (χ2v) is 7.99. The van der Waals surface area contributed by atoms with E-state index in [1.807, 2.05) is 0 Å². The van der Waals surface area contributed by atoms with Crippen LogP contribution in [0.2, 0.25) is 0 Å². The Labute approximate surface area is 182 Å². The van der Waals surface area contributed by atoms with Gasteiger partial charge in [-0.05, 0) is 18.8 Å². The van der Waals surface area contributed by atoms with Crippen LogP contribution in [0.1, 0.15) is 52.4 Å². The smallest absolute Gasteiger partial charge is 0.329 e. The summed E-state index contributed by atoms with van der Waals surface area (Å²) in [6, 6.07) is -3.42. The van der Waals surface area contributed by atoms with Gasteiger partial charge in [-0.2, -0.15) is 13.2 Å². The molecule has 1 N–H and O–H groups in total. The number of halogens is 3. The monoisotopic (exact) mass is 461 g/mol. The van der Waals surface area contributed by atoms with E-state index in [2.05, 4.69) is 5.32 Å². The summed E-state index contributed by atoms with van der Waals surface area (Å²) in [5.41, 5.74) is 0. The van der Waals surface area contributed by atoms with Crippen molar-refractivity contribution < 1.29 is 42.0 Å². The van der Waals surface area contributed by atoms with Crippen LogP contribution in [0.15, 0.2) is 12.2 Å². The summed E-state index contributed by atoms with van der Waals surface area (Å²) in [7, 11) is 0. The molecule has 12 heteroatoms. The zero-order chi connectivity index (χ0) is 24.1. The molecule has 2 aliphatic rings. The van der Waals surface area contributed by atoms with E-state index in [-0.39, 0.29) is 32.2 Å².